The Morgan fingerprint density at radius 1 is 1.20 bits per heavy atom. The van der Waals surface area contributed by atoms with Crippen molar-refractivity contribution in [2.75, 3.05) is 0 Å². The van der Waals surface area contributed by atoms with Gasteiger partial charge in [0, 0.05) is 12.1 Å². The molecule has 4 unspecified atom stereocenters. The highest BCUT2D eigenvalue weighted by atomic mass is 16.3. The number of aliphatic hydroxyl groups excluding tert-OH is 1. The van der Waals surface area contributed by atoms with Crippen LogP contribution in [-0.4, -0.2) is 36.2 Å². The van der Waals surface area contributed by atoms with Crippen molar-refractivity contribution in [2.45, 2.75) is 102 Å². The third-order valence-corrected chi connectivity index (χ3v) is 6.05. The topological polar surface area (TPSA) is 23.5 Å². The SMILES string of the molecule is BC1(CC)CCCCCC2C(CCC(O)N2C(C)C)C1. The van der Waals surface area contributed by atoms with Crippen LogP contribution in [0.15, 0.2) is 0 Å². The van der Waals surface area contributed by atoms with Gasteiger partial charge in [0.05, 0.1) is 0 Å². The number of nitrogens with zero attached hydrogens (tertiary/aromatic N) is 1. The van der Waals surface area contributed by atoms with Gasteiger partial charge in [-0.15, -0.1) is 0 Å². The third-order valence-electron chi connectivity index (χ3n) is 6.05. The Hall–Kier alpha value is -0.0151. The van der Waals surface area contributed by atoms with Gasteiger partial charge in [0.1, 0.15) is 14.1 Å². The van der Waals surface area contributed by atoms with Gasteiger partial charge in [0.25, 0.3) is 0 Å². The van der Waals surface area contributed by atoms with Crippen molar-refractivity contribution >= 4 is 7.85 Å². The van der Waals surface area contributed by atoms with Gasteiger partial charge in [-0.2, -0.15) is 0 Å². The van der Waals surface area contributed by atoms with Crippen molar-refractivity contribution in [2.24, 2.45) is 5.92 Å². The average Bonchev–Trinajstić information content (AvgIpc) is 2.47. The summed E-state index contributed by atoms with van der Waals surface area (Å²) in [5.41, 5.74) is 0. The van der Waals surface area contributed by atoms with Crippen LogP contribution < -0.4 is 0 Å². The van der Waals surface area contributed by atoms with Gasteiger partial charge in [-0.1, -0.05) is 50.8 Å². The van der Waals surface area contributed by atoms with Crippen molar-refractivity contribution in [1.29, 1.82) is 0 Å². The molecule has 0 amide bonds. The van der Waals surface area contributed by atoms with Crippen LogP contribution in [0.25, 0.3) is 0 Å². The van der Waals surface area contributed by atoms with Crippen molar-refractivity contribution in [3.05, 3.63) is 0 Å². The quantitative estimate of drug-likeness (QED) is 0.784. The van der Waals surface area contributed by atoms with E-state index in [4.69, 9.17) is 0 Å². The summed E-state index contributed by atoms with van der Waals surface area (Å²) in [7, 11) is 2.50. The zero-order chi connectivity index (χ0) is 14.8. The molecule has 4 atom stereocenters. The predicted octanol–water partition coefficient (Wildman–Crippen LogP) is 3.35. The first-order chi connectivity index (χ1) is 9.47. The Bertz CT molecular complexity index is 309. The summed E-state index contributed by atoms with van der Waals surface area (Å²) in [6, 6.07) is 1.08. The molecule has 0 bridgehead atoms. The van der Waals surface area contributed by atoms with Crippen molar-refractivity contribution in [1.82, 2.24) is 4.90 Å². The minimum absolute atomic E-state index is 0.204. The van der Waals surface area contributed by atoms with E-state index >= 15 is 0 Å². The molecule has 1 heterocycles. The maximum Gasteiger partial charge on any atom is 0.109 e. The van der Waals surface area contributed by atoms with E-state index in [1.54, 1.807) is 0 Å². The molecule has 0 aromatic carbocycles. The van der Waals surface area contributed by atoms with Crippen LogP contribution >= 0.6 is 0 Å². The van der Waals surface area contributed by atoms with Crippen LogP contribution in [0, 0.1) is 5.92 Å². The van der Waals surface area contributed by atoms with Crippen LogP contribution in [0.1, 0.15) is 78.6 Å². The Morgan fingerprint density at radius 2 is 1.95 bits per heavy atom. The molecule has 20 heavy (non-hydrogen) atoms. The molecule has 0 aromatic rings. The summed E-state index contributed by atoms with van der Waals surface area (Å²) in [6.45, 7) is 6.86. The average molecular weight is 279 g/mol. The molecular formula is C17H34BNO. The molecule has 1 N–H and O–H groups in total. The smallest absolute Gasteiger partial charge is 0.109 e. The number of fused-ring (bicyclic) bond motifs is 1. The van der Waals surface area contributed by atoms with Gasteiger partial charge in [0.2, 0.25) is 0 Å². The maximum absolute atomic E-state index is 10.4. The molecule has 3 heteroatoms. The van der Waals surface area contributed by atoms with Gasteiger partial charge in [-0.05, 0) is 39.0 Å². The third kappa shape index (κ3) is 3.60. The van der Waals surface area contributed by atoms with Gasteiger partial charge in [-0.3, -0.25) is 4.90 Å². The van der Waals surface area contributed by atoms with Crippen LogP contribution in [0.5, 0.6) is 0 Å². The molecular weight excluding hydrogens is 245 g/mol. The normalized spacial score (nSPS) is 40.8. The Morgan fingerprint density at radius 3 is 2.60 bits per heavy atom. The van der Waals surface area contributed by atoms with Gasteiger partial charge >= 0.3 is 0 Å². The van der Waals surface area contributed by atoms with Crippen molar-refractivity contribution in [3.63, 3.8) is 0 Å². The number of rotatable bonds is 2. The first-order valence-corrected chi connectivity index (χ1v) is 8.92. The molecule has 0 spiro atoms. The lowest BCUT2D eigenvalue weighted by Crippen LogP contribution is -2.54. The first-order valence-electron chi connectivity index (χ1n) is 8.92. The van der Waals surface area contributed by atoms with Crippen LogP contribution in [-0.2, 0) is 0 Å². The molecule has 2 rings (SSSR count). The number of hydrogen-bond donors (Lipinski definition) is 1. The summed E-state index contributed by atoms with van der Waals surface area (Å²) in [4.78, 5) is 2.43. The minimum atomic E-state index is -0.204. The van der Waals surface area contributed by atoms with Gasteiger partial charge in [-0.25, -0.2) is 0 Å². The van der Waals surface area contributed by atoms with Crippen LogP contribution in [0.2, 0.25) is 5.31 Å². The summed E-state index contributed by atoms with van der Waals surface area (Å²) in [5, 5.41) is 10.9. The molecule has 2 aliphatic rings. The largest absolute Gasteiger partial charge is 0.378 e. The van der Waals surface area contributed by atoms with E-state index in [1.165, 1.54) is 51.4 Å². The number of aliphatic hydroxyl groups is 1. The Kier molecular flexibility index (Phi) is 5.59. The molecule has 116 valence electrons. The summed E-state index contributed by atoms with van der Waals surface area (Å²) >= 11 is 0. The highest BCUT2D eigenvalue weighted by Crippen LogP contribution is 2.46. The zero-order valence-electron chi connectivity index (χ0n) is 14.1. The molecule has 1 saturated heterocycles. The van der Waals surface area contributed by atoms with E-state index in [2.05, 4.69) is 33.5 Å². The Balaban J connectivity index is 2.19. The number of likely N-dealkylation sites (tertiary alicyclic amines) is 1. The van der Waals surface area contributed by atoms with E-state index in [1.807, 2.05) is 0 Å². The van der Waals surface area contributed by atoms with Crippen molar-refractivity contribution in [3.8, 4) is 0 Å². The summed E-state index contributed by atoms with van der Waals surface area (Å²) < 4.78 is 0. The fraction of sp³-hybridized carbons (Fsp3) is 1.00. The van der Waals surface area contributed by atoms with Gasteiger partial charge < -0.3 is 5.11 Å². The second kappa shape index (κ2) is 6.83. The van der Waals surface area contributed by atoms with Crippen LogP contribution in [0.3, 0.4) is 0 Å². The lowest BCUT2D eigenvalue weighted by atomic mass is 9.58. The monoisotopic (exact) mass is 279 g/mol. The number of hydrogen-bond acceptors (Lipinski definition) is 2. The summed E-state index contributed by atoms with van der Waals surface area (Å²) in [6.07, 6.45) is 11.5. The van der Waals surface area contributed by atoms with E-state index in [-0.39, 0.29) is 6.23 Å². The molecule has 1 saturated carbocycles. The lowest BCUT2D eigenvalue weighted by molar-refractivity contribution is -0.101. The van der Waals surface area contributed by atoms with Crippen LogP contribution in [0.4, 0.5) is 0 Å². The van der Waals surface area contributed by atoms with E-state index in [0.29, 0.717) is 17.4 Å². The minimum Gasteiger partial charge on any atom is -0.378 e. The second-order valence-electron chi connectivity index (χ2n) is 7.89. The highest BCUT2D eigenvalue weighted by Gasteiger charge is 2.40. The fourth-order valence-corrected chi connectivity index (χ4v) is 4.66. The summed E-state index contributed by atoms with van der Waals surface area (Å²) in [5.74, 6) is 0.795. The van der Waals surface area contributed by atoms with E-state index < -0.39 is 0 Å². The molecule has 2 fully saturated rings. The van der Waals surface area contributed by atoms with E-state index in [9.17, 15) is 5.11 Å². The Labute approximate surface area is 126 Å². The first kappa shape index (κ1) is 16.4. The molecule has 0 radical (unpaired) electrons. The van der Waals surface area contributed by atoms with Gasteiger partial charge in [0.15, 0.2) is 0 Å². The highest BCUT2D eigenvalue weighted by molar-refractivity contribution is 6.15. The predicted molar refractivity (Wildman–Crippen MR) is 88.7 cm³/mol. The molecule has 2 nitrogen and oxygen atoms in total. The van der Waals surface area contributed by atoms with E-state index in [0.717, 1.165) is 12.3 Å². The maximum atomic E-state index is 10.4. The molecule has 0 aromatic heterocycles. The fourth-order valence-electron chi connectivity index (χ4n) is 4.66. The second-order valence-corrected chi connectivity index (χ2v) is 7.89. The standard InChI is InChI=1S/C17H34BNO/c1-4-17(18)11-7-5-6-8-15-14(12-17)9-10-16(20)19(15)13(2)3/h13-16,20H,4-12,18H2,1-3H3. The molecule has 1 aliphatic carbocycles. The molecule has 1 aliphatic heterocycles. The number of piperidine rings is 1. The van der Waals surface area contributed by atoms with Crippen molar-refractivity contribution < 1.29 is 5.11 Å². The lowest BCUT2D eigenvalue weighted by Gasteiger charge is -2.48. The zero-order valence-corrected chi connectivity index (χ0v) is 14.1.